The number of carbonyl (C=O) groups is 2. The smallest absolute Gasteiger partial charge is 0.223 e. The van der Waals surface area contributed by atoms with Crippen LogP contribution in [0.15, 0.2) is 0 Å². The Bertz CT molecular complexity index is 218. The molecule has 2 amide bonds. The highest BCUT2D eigenvalue weighted by molar-refractivity contribution is 5.86. The van der Waals surface area contributed by atoms with Crippen molar-refractivity contribution in [3.63, 3.8) is 0 Å². The Morgan fingerprint density at radius 2 is 2.43 bits per heavy atom. The van der Waals surface area contributed by atoms with Crippen molar-refractivity contribution in [2.45, 2.75) is 19.3 Å². The Balaban J connectivity index is 2.27. The molecule has 1 aliphatic heterocycles. The van der Waals surface area contributed by atoms with Crippen LogP contribution >= 0.6 is 0 Å². The van der Waals surface area contributed by atoms with Crippen LogP contribution in [0, 0.1) is 5.92 Å². The summed E-state index contributed by atoms with van der Waals surface area (Å²) >= 11 is 0. The highest BCUT2D eigenvalue weighted by Crippen LogP contribution is 2.14. The van der Waals surface area contributed by atoms with Crippen LogP contribution in [-0.4, -0.2) is 36.6 Å². The van der Waals surface area contributed by atoms with Gasteiger partial charge in [-0.1, -0.05) is 0 Å². The fraction of sp³-hybridized carbons (Fsp3) is 0.778. The predicted octanol–water partition coefficient (Wildman–Crippen LogP) is -0.989. The van der Waals surface area contributed by atoms with Crippen LogP contribution in [0.4, 0.5) is 0 Å². The largest absolute Gasteiger partial charge is 0.395 e. The van der Waals surface area contributed by atoms with E-state index in [0.29, 0.717) is 6.54 Å². The molecule has 5 nitrogen and oxygen atoms in total. The lowest BCUT2D eigenvalue weighted by molar-refractivity contribution is -0.131. The molecule has 1 unspecified atom stereocenters. The highest BCUT2D eigenvalue weighted by atomic mass is 16.3. The Morgan fingerprint density at radius 1 is 1.64 bits per heavy atom. The summed E-state index contributed by atoms with van der Waals surface area (Å²) in [7, 11) is 0. The van der Waals surface area contributed by atoms with Crippen LogP contribution in [0.3, 0.4) is 0 Å². The van der Waals surface area contributed by atoms with E-state index in [-0.39, 0.29) is 37.3 Å². The van der Waals surface area contributed by atoms with Gasteiger partial charge in [-0.3, -0.25) is 9.59 Å². The molecule has 0 radical (unpaired) electrons. The second-order valence-corrected chi connectivity index (χ2v) is 3.41. The maximum atomic E-state index is 11.3. The molecule has 1 fully saturated rings. The van der Waals surface area contributed by atoms with E-state index < -0.39 is 0 Å². The fourth-order valence-corrected chi connectivity index (χ4v) is 1.52. The molecule has 0 aromatic heterocycles. The minimum atomic E-state index is -0.192. The lowest BCUT2D eigenvalue weighted by atomic mass is 9.95. The molecule has 1 heterocycles. The number of hydrogen-bond acceptors (Lipinski definition) is 3. The van der Waals surface area contributed by atoms with Gasteiger partial charge in [0.15, 0.2) is 0 Å². The fourth-order valence-electron chi connectivity index (χ4n) is 1.52. The molecule has 0 saturated carbocycles. The molecule has 1 aliphatic rings. The molecule has 1 saturated heterocycles. The molecule has 0 aromatic carbocycles. The molecule has 0 spiro atoms. The number of carbonyl (C=O) groups excluding carboxylic acids is 2. The molecule has 14 heavy (non-hydrogen) atoms. The van der Waals surface area contributed by atoms with Crippen LogP contribution < -0.4 is 10.6 Å². The molecule has 1 atom stereocenters. The number of hydrogen-bond donors (Lipinski definition) is 3. The Morgan fingerprint density at radius 3 is 3.07 bits per heavy atom. The summed E-state index contributed by atoms with van der Waals surface area (Å²) < 4.78 is 0. The van der Waals surface area contributed by atoms with Crippen LogP contribution in [0.25, 0.3) is 0 Å². The lowest BCUT2D eigenvalue weighted by Crippen LogP contribution is -2.39. The van der Waals surface area contributed by atoms with Crippen molar-refractivity contribution in [1.82, 2.24) is 10.6 Å². The van der Waals surface area contributed by atoms with E-state index in [1.54, 1.807) is 0 Å². The van der Waals surface area contributed by atoms with Crippen molar-refractivity contribution in [2.24, 2.45) is 5.92 Å². The Kier molecular flexibility index (Phi) is 4.39. The second kappa shape index (κ2) is 5.59. The van der Waals surface area contributed by atoms with Gasteiger partial charge in [-0.05, 0) is 12.8 Å². The van der Waals surface area contributed by atoms with Gasteiger partial charge in [0.05, 0.1) is 6.61 Å². The van der Waals surface area contributed by atoms with Crippen LogP contribution in [-0.2, 0) is 9.59 Å². The van der Waals surface area contributed by atoms with Crippen molar-refractivity contribution in [1.29, 1.82) is 0 Å². The number of nitrogens with one attached hydrogen (secondary N) is 2. The summed E-state index contributed by atoms with van der Waals surface area (Å²) in [5, 5.41) is 13.7. The van der Waals surface area contributed by atoms with Gasteiger partial charge in [0.25, 0.3) is 0 Å². The van der Waals surface area contributed by atoms with Gasteiger partial charge in [0, 0.05) is 25.4 Å². The molecule has 3 N–H and O–H groups in total. The third kappa shape index (κ3) is 3.33. The molecule has 0 bridgehead atoms. The van der Waals surface area contributed by atoms with E-state index >= 15 is 0 Å². The summed E-state index contributed by atoms with van der Waals surface area (Å²) in [4.78, 5) is 22.5. The van der Waals surface area contributed by atoms with Crippen molar-refractivity contribution < 1.29 is 14.7 Å². The van der Waals surface area contributed by atoms with E-state index in [1.165, 1.54) is 0 Å². The first kappa shape index (κ1) is 11.0. The third-order valence-corrected chi connectivity index (χ3v) is 2.27. The first-order valence-electron chi connectivity index (χ1n) is 4.89. The predicted molar refractivity (Wildman–Crippen MR) is 50.4 cm³/mol. The maximum Gasteiger partial charge on any atom is 0.223 e. The van der Waals surface area contributed by atoms with Crippen molar-refractivity contribution >= 4 is 11.8 Å². The van der Waals surface area contributed by atoms with E-state index in [0.717, 1.165) is 12.8 Å². The van der Waals surface area contributed by atoms with E-state index in [9.17, 15) is 9.59 Å². The molecular weight excluding hydrogens is 184 g/mol. The number of aliphatic hydroxyl groups is 1. The van der Waals surface area contributed by atoms with Crippen LogP contribution in [0.2, 0.25) is 0 Å². The average molecular weight is 200 g/mol. The summed E-state index contributed by atoms with van der Waals surface area (Å²) in [5.41, 5.74) is 0. The monoisotopic (exact) mass is 200 g/mol. The number of amides is 2. The highest BCUT2D eigenvalue weighted by Gasteiger charge is 2.24. The minimum absolute atomic E-state index is 0.0320. The van der Waals surface area contributed by atoms with Gasteiger partial charge in [-0.25, -0.2) is 0 Å². The molecule has 80 valence electrons. The zero-order valence-corrected chi connectivity index (χ0v) is 8.08. The zero-order chi connectivity index (χ0) is 10.4. The summed E-state index contributed by atoms with van der Waals surface area (Å²) in [6.45, 7) is 0.906. The number of piperidine rings is 1. The van der Waals surface area contributed by atoms with Crippen LogP contribution in [0.5, 0.6) is 0 Å². The molecule has 0 aromatic rings. The topological polar surface area (TPSA) is 78.4 Å². The molecule has 0 aliphatic carbocycles. The Labute approximate surface area is 82.9 Å². The maximum absolute atomic E-state index is 11.3. The van der Waals surface area contributed by atoms with E-state index in [4.69, 9.17) is 5.11 Å². The summed E-state index contributed by atoms with van der Waals surface area (Å²) in [6, 6.07) is 0. The first-order valence-corrected chi connectivity index (χ1v) is 4.89. The quantitative estimate of drug-likeness (QED) is 0.545. The first-order chi connectivity index (χ1) is 6.74. The van der Waals surface area contributed by atoms with Gasteiger partial charge in [-0.2, -0.15) is 0 Å². The van der Waals surface area contributed by atoms with Gasteiger partial charge in [0.1, 0.15) is 0 Å². The van der Waals surface area contributed by atoms with Gasteiger partial charge in [-0.15, -0.1) is 0 Å². The number of rotatable bonds is 4. The van der Waals surface area contributed by atoms with Crippen molar-refractivity contribution in [3.8, 4) is 0 Å². The lowest BCUT2D eigenvalue weighted by Gasteiger charge is -2.21. The molecular formula is C9H16N2O3. The minimum Gasteiger partial charge on any atom is -0.395 e. The Hall–Kier alpha value is -1.10. The van der Waals surface area contributed by atoms with Gasteiger partial charge >= 0.3 is 0 Å². The van der Waals surface area contributed by atoms with E-state index in [2.05, 4.69) is 10.6 Å². The summed E-state index contributed by atoms with van der Waals surface area (Å²) in [5.74, 6) is -0.390. The number of aliphatic hydroxyl groups excluding tert-OH is 1. The normalized spacial score (nSPS) is 21.5. The molecule has 1 rings (SSSR count). The third-order valence-electron chi connectivity index (χ3n) is 2.27. The van der Waals surface area contributed by atoms with E-state index in [1.807, 2.05) is 0 Å². The standard InChI is InChI=1S/C9H16N2O3/c12-5-4-10-8(13)6-7-2-1-3-11-9(7)14/h7,12H,1-6H2,(H,10,13)(H,11,14). The van der Waals surface area contributed by atoms with Crippen molar-refractivity contribution in [3.05, 3.63) is 0 Å². The zero-order valence-electron chi connectivity index (χ0n) is 8.08. The van der Waals surface area contributed by atoms with Crippen molar-refractivity contribution in [2.75, 3.05) is 19.7 Å². The van der Waals surface area contributed by atoms with Gasteiger partial charge in [0.2, 0.25) is 11.8 Å². The summed E-state index contributed by atoms with van der Waals surface area (Å²) in [6.07, 6.45) is 1.94. The second-order valence-electron chi connectivity index (χ2n) is 3.41. The average Bonchev–Trinajstić information content (AvgIpc) is 2.18. The van der Waals surface area contributed by atoms with Gasteiger partial charge < -0.3 is 15.7 Å². The van der Waals surface area contributed by atoms with Crippen LogP contribution in [0.1, 0.15) is 19.3 Å². The SMILES string of the molecule is O=C(CC1CCCNC1=O)NCCO. The molecule has 5 heteroatoms.